The van der Waals surface area contributed by atoms with Crippen molar-refractivity contribution in [3.8, 4) is 0 Å². The van der Waals surface area contributed by atoms with Crippen LogP contribution in [-0.2, 0) is 6.54 Å². The van der Waals surface area contributed by atoms with Crippen molar-refractivity contribution in [3.63, 3.8) is 0 Å². The van der Waals surface area contributed by atoms with E-state index in [0.717, 1.165) is 18.0 Å². The van der Waals surface area contributed by atoms with E-state index in [0.29, 0.717) is 6.54 Å². The van der Waals surface area contributed by atoms with Gasteiger partial charge in [-0.3, -0.25) is 0 Å². The first-order valence-corrected chi connectivity index (χ1v) is 7.33. The first kappa shape index (κ1) is 14.4. The molecule has 106 valence electrons. The summed E-state index contributed by atoms with van der Waals surface area (Å²) < 4.78 is 25.1. The zero-order valence-electron chi connectivity index (χ0n) is 11.4. The quantitative estimate of drug-likeness (QED) is 0.738. The fourth-order valence-electron chi connectivity index (χ4n) is 2.85. The van der Waals surface area contributed by atoms with Crippen LogP contribution in [0.4, 0.5) is 8.78 Å². The van der Waals surface area contributed by atoms with Crippen LogP contribution in [0.2, 0.25) is 0 Å². The highest BCUT2D eigenvalue weighted by atomic mass is 19.3. The van der Waals surface area contributed by atoms with Crippen molar-refractivity contribution >= 4 is 0 Å². The number of hydrogen-bond acceptors (Lipinski definition) is 1. The second-order valence-electron chi connectivity index (χ2n) is 5.52. The molecule has 0 heterocycles. The van der Waals surface area contributed by atoms with E-state index in [1.54, 1.807) is 12.1 Å². The predicted molar refractivity (Wildman–Crippen MR) is 74.3 cm³/mol. The predicted octanol–water partition coefficient (Wildman–Crippen LogP) is 4.68. The molecular weight excluding hydrogens is 244 g/mol. The Morgan fingerprint density at radius 1 is 1.16 bits per heavy atom. The third-order valence-corrected chi connectivity index (χ3v) is 3.99. The molecule has 1 aromatic carbocycles. The van der Waals surface area contributed by atoms with Gasteiger partial charge in [-0.15, -0.1) is 0 Å². The summed E-state index contributed by atoms with van der Waals surface area (Å²) in [5.74, 6) is 0.869. The van der Waals surface area contributed by atoms with Crippen LogP contribution in [0.3, 0.4) is 0 Å². The summed E-state index contributed by atoms with van der Waals surface area (Å²) in [6.07, 6.45) is 5.72. The molecular formula is C16H23F2N. The van der Waals surface area contributed by atoms with Gasteiger partial charge >= 0.3 is 0 Å². The third kappa shape index (κ3) is 4.90. The number of benzene rings is 1. The third-order valence-electron chi connectivity index (χ3n) is 3.99. The molecule has 0 amide bonds. The molecule has 1 saturated carbocycles. The van der Waals surface area contributed by atoms with Crippen molar-refractivity contribution in [1.29, 1.82) is 0 Å². The van der Waals surface area contributed by atoms with Gasteiger partial charge in [-0.1, -0.05) is 50.3 Å². The average molecular weight is 267 g/mol. The number of hydrogen-bond donors (Lipinski definition) is 1. The Bertz CT molecular complexity index is 373. The minimum atomic E-state index is -2.37. The average Bonchev–Trinajstić information content (AvgIpc) is 2.45. The Morgan fingerprint density at radius 3 is 2.68 bits per heavy atom. The summed E-state index contributed by atoms with van der Waals surface area (Å²) in [4.78, 5) is 0. The molecule has 1 aromatic rings. The van der Waals surface area contributed by atoms with E-state index in [4.69, 9.17) is 0 Å². The van der Waals surface area contributed by atoms with Gasteiger partial charge in [0.1, 0.15) is 0 Å². The Balaban J connectivity index is 1.68. The summed E-state index contributed by atoms with van der Waals surface area (Å²) in [6, 6.07) is 6.69. The number of halogens is 2. The normalized spacial score (nSPS) is 17.0. The van der Waals surface area contributed by atoms with Gasteiger partial charge in [0.2, 0.25) is 0 Å². The summed E-state index contributed by atoms with van der Waals surface area (Å²) in [5, 5.41) is 3.37. The largest absolute Gasteiger partial charge is 0.313 e. The SMILES string of the molecule is FC(F)c1cccc(CNCCC2CCCCC2)c1. The highest BCUT2D eigenvalue weighted by Crippen LogP contribution is 2.25. The van der Waals surface area contributed by atoms with Gasteiger partial charge in [-0.05, 0) is 30.5 Å². The molecule has 1 nitrogen and oxygen atoms in total. The van der Waals surface area contributed by atoms with Crippen molar-refractivity contribution in [2.75, 3.05) is 6.54 Å². The molecule has 0 spiro atoms. The monoisotopic (exact) mass is 267 g/mol. The molecule has 0 aromatic heterocycles. The summed E-state index contributed by atoms with van der Waals surface area (Å²) in [6.45, 7) is 1.68. The molecule has 1 fully saturated rings. The lowest BCUT2D eigenvalue weighted by molar-refractivity contribution is 0.151. The van der Waals surface area contributed by atoms with Crippen LogP contribution in [0.1, 0.15) is 56.1 Å². The first-order valence-electron chi connectivity index (χ1n) is 7.33. The molecule has 0 unspecified atom stereocenters. The number of nitrogens with one attached hydrogen (secondary N) is 1. The standard InChI is InChI=1S/C16H23F2N/c17-16(18)15-8-4-7-14(11-15)12-19-10-9-13-5-2-1-3-6-13/h4,7-8,11,13,16,19H,1-3,5-6,9-10,12H2. The van der Waals surface area contributed by atoms with Gasteiger partial charge in [0.25, 0.3) is 6.43 Å². The molecule has 1 aliphatic carbocycles. The van der Waals surface area contributed by atoms with E-state index in [-0.39, 0.29) is 5.56 Å². The Morgan fingerprint density at radius 2 is 1.95 bits per heavy atom. The van der Waals surface area contributed by atoms with Crippen molar-refractivity contribution in [2.24, 2.45) is 5.92 Å². The lowest BCUT2D eigenvalue weighted by Gasteiger charge is -2.21. The van der Waals surface area contributed by atoms with Gasteiger partial charge in [-0.2, -0.15) is 0 Å². The van der Waals surface area contributed by atoms with E-state index in [9.17, 15) is 8.78 Å². The molecule has 1 N–H and O–H groups in total. The maximum Gasteiger partial charge on any atom is 0.263 e. The van der Waals surface area contributed by atoms with Gasteiger partial charge in [0, 0.05) is 12.1 Å². The van der Waals surface area contributed by atoms with Crippen LogP contribution in [0, 0.1) is 5.92 Å². The van der Waals surface area contributed by atoms with Crippen LogP contribution in [0.15, 0.2) is 24.3 Å². The molecule has 1 aliphatic rings. The van der Waals surface area contributed by atoms with Crippen LogP contribution in [-0.4, -0.2) is 6.54 Å². The van der Waals surface area contributed by atoms with Crippen LogP contribution in [0.25, 0.3) is 0 Å². The summed E-state index contributed by atoms with van der Waals surface area (Å²) in [7, 11) is 0. The number of alkyl halides is 2. The fourth-order valence-corrected chi connectivity index (χ4v) is 2.85. The summed E-state index contributed by atoms with van der Waals surface area (Å²) >= 11 is 0. The minimum absolute atomic E-state index is 0.117. The Labute approximate surface area is 114 Å². The second kappa shape index (κ2) is 7.59. The maximum atomic E-state index is 12.6. The molecule has 0 radical (unpaired) electrons. The molecule has 2 rings (SSSR count). The Hall–Kier alpha value is -0.960. The smallest absolute Gasteiger partial charge is 0.263 e. The fraction of sp³-hybridized carbons (Fsp3) is 0.625. The van der Waals surface area contributed by atoms with E-state index >= 15 is 0 Å². The van der Waals surface area contributed by atoms with Gasteiger partial charge < -0.3 is 5.32 Å². The van der Waals surface area contributed by atoms with E-state index in [1.807, 2.05) is 6.07 Å². The highest BCUT2D eigenvalue weighted by Gasteiger charge is 2.12. The van der Waals surface area contributed by atoms with Crippen molar-refractivity contribution < 1.29 is 8.78 Å². The van der Waals surface area contributed by atoms with E-state index < -0.39 is 6.43 Å². The van der Waals surface area contributed by atoms with Crippen molar-refractivity contribution in [2.45, 2.75) is 51.5 Å². The zero-order valence-corrected chi connectivity index (χ0v) is 11.4. The maximum absolute atomic E-state index is 12.6. The van der Waals surface area contributed by atoms with Crippen LogP contribution >= 0.6 is 0 Å². The topological polar surface area (TPSA) is 12.0 Å². The minimum Gasteiger partial charge on any atom is -0.313 e. The number of rotatable bonds is 6. The lowest BCUT2D eigenvalue weighted by atomic mass is 9.87. The van der Waals surface area contributed by atoms with Crippen LogP contribution < -0.4 is 5.32 Å². The lowest BCUT2D eigenvalue weighted by Crippen LogP contribution is -2.19. The van der Waals surface area contributed by atoms with Crippen molar-refractivity contribution in [3.05, 3.63) is 35.4 Å². The van der Waals surface area contributed by atoms with Gasteiger partial charge in [0.15, 0.2) is 0 Å². The van der Waals surface area contributed by atoms with Gasteiger partial charge in [-0.25, -0.2) is 8.78 Å². The molecule has 19 heavy (non-hydrogen) atoms. The highest BCUT2D eigenvalue weighted by molar-refractivity contribution is 5.24. The molecule has 0 atom stereocenters. The van der Waals surface area contributed by atoms with Gasteiger partial charge in [0.05, 0.1) is 0 Å². The zero-order chi connectivity index (χ0) is 13.5. The van der Waals surface area contributed by atoms with Crippen LogP contribution in [0.5, 0.6) is 0 Å². The Kier molecular flexibility index (Phi) is 5.77. The second-order valence-corrected chi connectivity index (χ2v) is 5.52. The molecule has 0 bridgehead atoms. The molecule has 0 aliphatic heterocycles. The van der Waals surface area contributed by atoms with E-state index in [2.05, 4.69) is 5.32 Å². The first-order chi connectivity index (χ1) is 9.25. The van der Waals surface area contributed by atoms with E-state index in [1.165, 1.54) is 44.6 Å². The molecule has 0 saturated heterocycles. The van der Waals surface area contributed by atoms with Crippen molar-refractivity contribution in [1.82, 2.24) is 5.32 Å². The summed E-state index contributed by atoms with van der Waals surface area (Å²) in [5.41, 5.74) is 1.06. The molecule has 3 heteroatoms.